The van der Waals surface area contributed by atoms with Crippen LogP contribution in [0.3, 0.4) is 0 Å². The molecule has 6 heteroatoms. The number of pyridine rings is 1. The van der Waals surface area contributed by atoms with Gasteiger partial charge in [0.25, 0.3) is 0 Å². The van der Waals surface area contributed by atoms with E-state index < -0.39 is 17.4 Å². The average molecular weight is 316 g/mol. The van der Waals surface area contributed by atoms with Crippen LogP contribution in [0.2, 0.25) is 0 Å². The lowest BCUT2D eigenvalue weighted by molar-refractivity contribution is -0.158. The molecule has 0 fully saturated rings. The molecule has 0 amide bonds. The molecule has 0 bridgehead atoms. The molecule has 0 radical (unpaired) electrons. The Morgan fingerprint density at radius 1 is 1.33 bits per heavy atom. The lowest BCUT2D eigenvalue weighted by Crippen LogP contribution is -2.44. The zero-order chi connectivity index (χ0) is 13.9. The lowest BCUT2D eigenvalue weighted by Gasteiger charge is -2.24. The highest BCUT2D eigenvalue weighted by Crippen LogP contribution is 2.31. The second kappa shape index (κ2) is 5.48. The van der Waals surface area contributed by atoms with Crippen LogP contribution in [0.15, 0.2) is 16.7 Å². The van der Waals surface area contributed by atoms with Crippen LogP contribution >= 0.6 is 15.9 Å². The minimum absolute atomic E-state index is 0.0563. The highest BCUT2D eigenvalue weighted by Gasteiger charge is 2.49. The van der Waals surface area contributed by atoms with Gasteiger partial charge in [0.1, 0.15) is 0 Å². The number of hydrogen-bond acceptors (Lipinski definition) is 3. The molecule has 1 aromatic rings. The molecule has 2 N–H and O–H groups in total. The average Bonchev–Trinajstić information content (AvgIpc) is 2.31. The molecule has 1 aromatic heterocycles. The van der Waals surface area contributed by atoms with Gasteiger partial charge in [0.15, 0.2) is 0 Å². The van der Waals surface area contributed by atoms with Crippen LogP contribution in [-0.4, -0.2) is 27.1 Å². The predicted octanol–water partition coefficient (Wildman–Crippen LogP) is 2.22. The molecule has 0 aliphatic carbocycles. The Kier molecular flexibility index (Phi) is 4.45. The van der Waals surface area contributed by atoms with Gasteiger partial charge in [0.2, 0.25) is 5.41 Å². The van der Waals surface area contributed by atoms with Crippen molar-refractivity contribution in [1.29, 1.82) is 0 Å². The first-order valence-corrected chi connectivity index (χ1v) is 6.31. The van der Waals surface area contributed by atoms with Crippen molar-refractivity contribution in [2.75, 3.05) is 0 Å². The summed E-state index contributed by atoms with van der Waals surface area (Å²) in [5.74, 6) is -2.77. The predicted molar refractivity (Wildman–Crippen MR) is 68.6 cm³/mol. The fraction of sp³-hybridized carbons (Fsp3) is 0.417. The second-order valence-electron chi connectivity index (χ2n) is 3.88. The Labute approximate surface area is 113 Å². The van der Waals surface area contributed by atoms with Crippen molar-refractivity contribution < 1.29 is 19.8 Å². The molecule has 0 aromatic carbocycles. The van der Waals surface area contributed by atoms with E-state index in [0.717, 1.165) is 0 Å². The molecule has 1 rings (SSSR count). The highest BCUT2D eigenvalue weighted by molar-refractivity contribution is 9.10. The van der Waals surface area contributed by atoms with Gasteiger partial charge >= 0.3 is 11.9 Å². The number of aromatic nitrogens is 1. The molecule has 18 heavy (non-hydrogen) atoms. The number of halogens is 1. The summed E-state index contributed by atoms with van der Waals surface area (Å²) in [5, 5.41) is 18.6. The maximum atomic E-state index is 11.4. The van der Waals surface area contributed by atoms with Crippen LogP contribution in [0.5, 0.6) is 0 Å². The molecule has 0 unspecified atom stereocenters. The van der Waals surface area contributed by atoms with Crippen molar-refractivity contribution in [3.63, 3.8) is 0 Å². The fourth-order valence-electron chi connectivity index (χ4n) is 1.90. The third-order valence-corrected chi connectivity index (χ3v) is 3.41. The standard InChI is InChI=1S/C12H14BrNO4/c1-3-7-5-8(13)6-14-9(7)12(4-2,10(15)16)11(17)18/h5-6H,3-4H2,1-2H3,(H,15,16)(H,17,18). The number of carboxylic acid groups (broad SMARTS) is 2. The molecule has 0 spiro atoms. The molecule has 98 valence electrons. The summed E-state index contributed by atoms with van der Waals surface area (Å²) >= 11 is 3.24. The molecule has 0 saturated heterocycles. The maximum absolute atomic E-state index is 11.4. The lowest BCUT2D eigenvalue weighted by atomic mass is 9.79. The summed E-state index contributed by atoms with van der Waals surface area (Å²) in [6.07, 6.45) is 1.88. The van der Waals surface area contributed by atoms with Gasteiger partial charge in [0.05, 0.1) is 5.69 Å². The fourth-order valence-corrected chi connectivity index (χ4v) is 2.28. The van der Waals surface area contributed by atoms with E-state index in [1.165, 1.54) is 13.1 Å². The van der Waals surface area contributed by atoms with Crippen molar-refractivity contribution in [2.24, 2.45) is 0 Å². The molecule has 0 aliphatic heterocycles. The monoisotopic (exact) mass is 315 g/mol. The Balaban J connectivity index is 3.57. The number of carbonyl (C=O) groups is 2. The molecule has 0 saturated carbocycles. The van der Waals surface area contributed by atoms with Crippen molar-refractivity contribution in [3.8, 4) is 0 Å². The van der Waals surface area contributed by atoms with E-state index in [1.807, 2.05) is 6.92 Å². The minimum Gasteiger partial charge on any atom is -0.480 e. The molecule has 0 aliphatic rings. The Bertz CT molecular complexity index is 473. The summed E-state index contributed by atoms with van der Waals surface area (Å²) < 4.78 is 0.698. The summed E-state index contributed by atoms with van der Waals surface area (Å²) in [6, 6.07) is 1.71. The number of hydrogen-bond donors (Lipinski definition) is 2. The first-order chi connectivity index (χ1) is 8.40. The molecular formula is C12H14BrNO4. The van der Waals surface area contributed by atoms with Gasteiger partial charge < -0.3 is 10.2 Å². The van der Waals surface area contributed by atoms with Crippen LogP contribution in [0.1, 0.15) is 31.5 Å². The van der Waals surface area contributed by atoms with E-state index in [2.05, 4.69) is 20.9 Å². The van der Waals surface area contributed by atoms with Gasteiger partial charge in [0, 0.05) is 10.7 Å². The van der Waals surface area contributed by atoms with Crippen molar-refractivity contribution >= 4 is 27.9 Å². The van der Waals surface area contributed by atoms with Crippen molar-refractivity contribution in [1.82, 2.24) is 4.98 Å². The normalized spacial score (nSPS) is 11.3. The zero-order valence-electron chi connectivity index (χ0n) is 10.1. The van der Waals surface area contributed by atoms with Crippen LogP contribution in [0, 0.1) is 0 Å². The first-order valence-electron chi connectivity index (χ1n) is 5.51. The van der Waals surface area contributed by atoms with Crippen LogP contribution < -0.4 is 0 Å². The number of carboxylic acids is 2. The molecule has 0 atom stereocenters. The largest absolute Gasteiger partial charge is 0.480 e. The third kappa shape index (κ3) is 2.25. The van der Waals surface area contributed by atoms with Gasteiger partial charge in [-0.25, -0.2) is 0 Å². The van der Waals surface area contributed by atoms with Crippen LogP contribution in [-0.2, 0) is 21.4 Å². The van der Waals surface area contributed by atoms with Gasteiger partial charge in [-0.05, 0) is 40.4 Å². The number of nitrogens with zero attached hydrogens (tertiary/aromatic N) is 1. The van der Waals surface area contributed by atoms with E-state index in [1.54, 1.807) is 6.07 Å². The van der Waals surface area contributed by atoms with Gasteiger partial charge in [-0.3, -0.25) is 14.6 Å². The zero-order valence-corrected chi connectivity index (χ0v) is 11.7. The summed E-state index contributed by atoms with van der Waals surface area (Å²) in [7, 11) is 0. The SMILES string of the molecule is CCc1cc(Br)cnc1C(CC)(C(=O)O)C(=O)O. The van der Waals surface area contributed by atoms with E-state index >= 15 is 0 Å². The number of rotatable bonds is 5. The topological polar surface area (TPSA) is 87.5 Å². The van der Waals surface area contributed by atoms with Crippen LogP contribution in [0.25, 0.3) is 0 Å². The molecule has 1 heterocycles. The minimum atomic E-state index is -1.98. The van der Waals surface area contributed by atoms with E-state index in [0.29, 0.717) is 16.5 Å². The molecular weight excluding hydrogens is 302 g/mol. The van der Waals surface area contributed by atoms with Gasteiger partial charge in [-0.1, -0.05) is 13.8 Å². The second-order valence-corrected chi connectivity index (χ2v) is 4.80. The van der Waals surface area contributed by atoms with E-state index in [4.69, 9.17) is 0 Å². The van der Waals surface area contributed by atoms with Gasteiger partial charge in [-0.2, -0.15) is 0 Å². The number of aryl methyl sites for hydroxylation is 1. The summed E-state index contributed by atoms with van der Waals surface area (Å²) in [5.41, 5.74) is -1.25. The number of aliphatic carboxylic acids is 2. The Hall–Kier alpha value is -1.43. The smallest absolute Gasteiger partial charge is 0.327 e. The summed E-state index contributed by atoms with van der Waals surface area (Å²) in [6.45, 7) is 3.36. The third-order valence-electron chi connectivity index (χ3n) is 2.98. The van der Waals surface area contributed by atoms with E-state index in [-0.39, 0.29) is 12.1 Å². The molecule has 5 nitrogen and oxygen atoms in total. The Morgan fingerprint density at radius 2 is 1.89 bits per heavy atom. The van der Waals surface area contributed by atoms with Crippen molar-refractivity contribution in [2.45, 2.75) is 32.1 Å². The first kappa shape index (κ1) is 14.6. The van der Waals surface area contributed by atoms with Crippen molar-refractivity contribution in [3.05, 3.63) is 28.0 Å². The Morgan fingerprint density at radius 3 is 2.28 bits per heavy atom. The quantitative estimate of drug-likeness (QED) is 0.813. The van der Waals surface area contributed by atoms with Gasteiger partial charge in [-0.15, -0.1) is 0 Å². The van der Waals surface area contributed by atoms with Crippen LogP contribution in [0.4, 0.5) is 0 Å². The highest BCUT2D eigenvalue weighted by atomic mass is 79.9. The summed E-state index contributed by atoms with van der Waals surface area (Å²) in [4.78, 5) is 26.9. The van der Waals surface area contributed by atoms with E-state index in [9.17, 15) is 19.8 Å². The maximum Gasteiger partial charge on any atom is 0.327 e.